The first-order chi connectivity index (χ1) is 7.66. The Morgan fingerprint density at radius 3 is 2.94 bits per heavy atom. The van der Waals surface area contributed by atoms with Gasteiger partial charge in [0.05, 0.1) is 12.1 Å². The van der Waals surface area contributed by atoms with Gasteiger partial charge in [-0.1, -0.05) is 11.3 Å². The second-order valence-corrected chi connectivity index (χ2v) is 5.40. The molecule has 1 N–H and O–H groups in total. The van der Waals surface area contributed by atoms with E-state index in [9.17, 15) is 10.0 Å². The highest BCUT2D eigenvalue weighted by molar-refractivity contribution is 7.11. The van der Waals surface area contributed by atoms with E-state index in [-0.39, 0.29) is 18.1 Å². The minimum absolute atomic E-state index is 0.00731. The molecule has 16 heavy (non-hydrogen) atoms. The molecule has 2 aliphatic rings. The summed E-state index contributed by atoms with van der Waals surface area (Å²) < 4.78 is 0. The summed E-state index contributed by atoms with van der Waals surface area (Å²) in [7, 11) is 0. The van der Waals surface area contributed by atoms with E-state index in [0.717, 1.165) is 27.9 Å². The monoisotopic (exact) mass is 240 g/mol. The third-order valence-electron chi connectivity index (χ3n) is 3.17. The van der Waals surface area contributed by atoms with Crippen LogP contribution in [0.2, 0.25) is 0 Å². The molecule has 1 aromatic rings. The number of nitrogens with zero attached hydrogens (tertiary/aromatic N) is 4. The van der Waals surface area contributed by atoms with Crippen LogP contribution in [0.4, 0.5) is 4.79 Å². The normalized spacial score (nSPS) is 29.0. The van der Waals surface area contributed by atoms with Crippen molar-refractivity contribution in [2.45, 2.75) is 31.8 Å². The molecule has 2 bridgehead atoms. The van der Waals surface area contributed by atoms with Gasteiger partial charge >= 0.3 is 6.03 Å². The van der Waals surface area contributed by atoms with Crippen LogP contribution in [0.25, 0.3) is 0 Å². The summed E-state index contributed by atoms with van der Waals surface area (Å²) in [5.41, 5.74) is 0. The number of urea groups is 1. The Morgan fingerprint density at radius 1 is 1.44 bits per heavy atom. The number of hydrogen-bond donors (Lipinski definition) is 1. The molecular formula is C9H12N4O2S. The van der Waals surface area contributed by atoms with Crippen LogP contribution in [0, 0.1) is 6.92 Å². The number of rotatable bonds is 1. The third kappa shape index (κ3) is 1.31. The number of aromatic nitrogens is 2. The summed E-state index contributed by atoms with van der Waals surface area (Å²) in [4.78, 5) is 13.4. The number of amides is 2. The number of hydrogen-bond acceptors (Lipinski definition) is 5. The van der Waals surface area contributed by atoms with Crippen LogP contribution in [-0.4, -0.2) is 44.0 Å². The van der Waals surface area contributed by atoms with Crippen LogP contribution in [0.5, 0.6) is 0 Å². The largest absolute Gasteiger partial charge is 0.344 e. The van der Waals surface area contributed by atoms with Gasteiger partial charge in [0, 0.05) is 6.54 Å². The highest BCUT2D eigenvalue weighted by Gasteiger charge is 2.45. The minimum atomic E-state index is -0.305. The average molecular weight is 240 g/mol. The third-order valence-corrected chi connectivity index (χ3v) is 4.11. The van der Waals surface area contributed by atoms with Crippen LogP contribution in [0.15, 0.2) is 0 Å². The van der Waals surface area contributed by atoms with Crippen molar-refractivity contribution >= 4 is 17.4 Å². The SMILES string of the molecule is Cc1nnc([C@H]2CC[C@H]3CN2C(=O)N3O)s1. The van der Waals surface area contributed by atoms with Crippen molar-refractivity contribution < 1.29 is 10.0 Å². The lowest BCUT2D eigenvalue weighted by Gasteiger charge is -2.28. The Balaban J connectivity index is 1.90. The van der Waals surface area contributed by atoms with Gasteiger partial charge in [-0.25, -0.2) is 9.86 Å². The van der Waals surface area contributed by atoms with Gasteiger partial charge in [0.15, 0.2) is 0 Å². The Hall–Kier alpha value is -1.21. The fourth-order valence-corrected chi connectivity index (χ4v) is 3.20. The minimum Gasteiger partial charge on any atom is -0.311 e. The molecule has 0 radical (unpaired) electrons. The van der Waals surface area contributed by atoms with E-state index in [4.69, 9.17) is 0 Å². The van der Waals surface area contributed by atoms with Crippen LogP contribution in [-0.2, 0) is 0 Å². The maximum Gasteiger partial charge on any atom is 0.344 e. The molecule has 0 unspecified atom stereocenters. The Kier molecular flexibility index (Phi) is 2.11. The van der Waals surface area contributed by atoms with Crippen LogP contribution in [0.1, 0.15) is 28.9 Å². The van der Waals surface area contributed by atoms with Crippen LogP contribution >= 0.6 is 11.3 Å². The summed E-state index contributed by atoms with van der Waals surface area (Å²) in [6, 6.07) is -0.356. The van der Waals surface area contributed by atoms with Crippen molar-refractivity contribution in [3.8, 4) is 0 Å². The first-order valence-corrected chi connectivity index (χ1v) is 6.07. The summed E-state index contributed by atoms with van der Waals surface area (Å²) in [6.07, 6.45) is 1.67. The van der Waals surface area contributed by atoms with Gasteiger partial charge in [-0.05, 0) is 19.8 Å². The molecule has 2 amide bonds. The molecule has 3 rings (SSSR count). The van der Waals surface area contributed by atoms with E-state index in [1.807, 2.05) is 6.92 Å². The number of piperidine rings is 1. The first kappa shape index (κ1) is 9.98. The van der Waals surface area contributed by atoms with E-state index < -0.39 is 0 Å². The second-order valence-electron chi connectivity index (χ2n) is 4.19. The van der Waals surface area contributed by atoms with E-state index in [2.05, 4.69) is 10.2 Å². The quantitative estimate of drug-likeness (QED) is 0.748. The first-order valence-electron chi connectivity index (χ1n) is 5.25. The molecule has 2 aliphatic heterocycles. The van der Waals surface area contributed by atoms with Crippen LogP contribution < -0.4 is 0 Å². The molecule has 86 valence electrons. The molecule has 2 atom stereocenters. The number of carbonyl (C=O) groups is 1. The molecule has 6 nitrogen and oxygen atoms in total. The Labute approximate surface area is 96.5 Å². The van der Waals surface area contributed by atoms with E-state index in [1.165, 1.54) is 11.3 Å². The molecule has 0 aromatic carbocycles. The molecule has 3 heterocycles. The summed E-state index contributed by atoms with van der Waals surface area (Å²) in [6.45, 7) is 2.50. The Bertz CT molecular complexity index is 435. The van der Waals surface area contributed by atoms with Gasteiger partial charge < -0.3 is 4.90 Å². The lowest BCUT2D eigenvalue weighted by Crippen LogP contribution is -2.33. The highest BCUT2D eigenvalue weighted by Crippen LogP contribution is 2.38. The summed E-state index contributed by atoms with van der Waals surface area (Å²) in [5, 5.41) is 20.2. The standard InChI is InChI=1S/C9H12N4O2S/c1-5-10-11-8(16-5)7-3-2-6-4-12(7)9(14)13(6)15/h6-7,15H,2-4H2,1H3/t6-,7+/m0/s1. The maximum atomic E-state index is 11.7. The van der Waals surface area contributed by atoms with E-state index in [0.29, 0.717) is 6.54 Å². The van der Waals surface area contributed by atoms with Crippen molar-refractivity contribution in [2.75, 3.05) is 6.54 Å². The maximum absolute atomic E-state index is 11.7. The summed E-state index contributed by atoms with van der Waals surface area (Å²) >= 11 is 1.52. The molecule has 2 saturated heterocycles. The van der Waals surface area contributed by atoms with Gasteiger partial charge in [0.2, 0.25) is 0 Å². The van der Waals surface area contributed by atoms with Gasteiger partial charge in [0.1, 0.15) is 10.0 Å². The zero-order chi connectivity index (χ0) is 11.3. The Morgan fingerprint density at radius 2 is 2.25 bits per heavy atom. The smallest absolute Gasteiger partial charge is 0.311 e. The molecule has 2 fully saturated rings. The van der Waals surface area contributed by atoms with E-state index in [1.54, 1.807) is 4.90 Å². The molecule has 0 saturated carbocycles. The number of hydroxylamine groups is 2. The zero-order valence-corrected chi connectivity index (χ0v) is 9.65. The average Bonchev–Trinajstić information content (AvgIpc) is 2.80. The lowest BCUT2D eigenvalue weighted by atomic mass is 10.0. The fourth-order valence-electron chi connectivity index (χ4n) is 2.35. The van der Waals surface area contributed by atoms with Gasteiger partial charge in [0.25, 0.3) is 0 Å². The number of carbonyl (C=O) groups excluding carboxylic acids is 1. The predicted octanol–water partition coefficient (Wildman–Crippen LogP) is 1.18. The summed E-state index contributed by atoms with van der Waals surface area (Å²) in [5.74, 6) is 0. The van der Waals surface area contributed by atoms with E-state index >= 15 is 0 Å². The zero-order valence-electron chi connectivity index (χ0n) is 8.83. The molecule has 1 aromatic heterocycles. The second kappa shape index (κ2) is 3.39. The molecular weight excluding hydrogens is 228 g/mol. The highest BCUT2D eigenvalue weighted by atomic mass is 32.1. The predicted molar refractivity (Wildman–Crippen MR) is 56.1 cm³/mol. The van der Waals surface area contributed by atoms with Gasteiger partial charge in [-0.2, -0.15) is 0 Å². The lowest BCUT2D eigenvalue weighted by molar-refractivity contribution is -0.0584. The number of fused-ring (bicyclic) bond motifs is 2. The molecule has 7 heteroatoms. The van der Waals surface area contributed by atoms with Crippen molar-refractivity contribution in [3.63, 3.8) is 0 Å². The van der Waals surface area contributed by atoms with Crippen molar-refractivity contribution in [1.82, 2.24) is 20.2 Å². The van der Waals surface area contributed by atoms with Crippen molar-refractivity contribution in [3.05, 3.63) is 10.0 Å². The van der Waals surface area contributed by atoms with Gasteiger partial charge in [-0.15, -0.1) is 10.2 Å². The fraction of sp³-hybridized carbons (Fsp3) is 0.667. The molecule has 0 spiro atoms. The van der Waals surface area contributed by atoms with Crippen LogP contribution in [0.3, 0.4) is 0 Å². The molecule has 0 aliphatic carbocycles. The topological polar surface area (TPSA) is 69.6 Å². The van der Waals surface area contributed by atoms with Gasteiger partial charge in [-0.3, -0.25) is 5.21 Å². The van der Waals surface area contributed by atoms with Crippen molar-refractivity contribution in [1.29, 1.82) is 0 Å². The van der Waals surface area contributed by atoms with Crippen molar-refractivity contribution in [2.24, 2.45) is 0 Å². The number of aryl methyl sites for hydroxylation is 1.